The van der Waals surface area contributed by atoms with Crippen LogP contribution in [0.5, 0.6) is 0 Å². The largest absolute Gasteiger partial charge is 0.350 e. The molecule has 5 heteroatoms. The Morgan fingerprint density at radius 3 is 2.35 bits per heavy atom. The number of benzene rings is 4. The number of carbonyl (C=O) groups is 2. The lowest BCUT2D eigenvalue weighted by Crippen LogP contribution is -2.32. The van der Waals surface area contributed by atoms with Gasteiger partial charge in [-0.2, -0.15) is 0 Å². The van der Waals surface area contributed by atoms with Gasteiger partial charge >= 0.3 is 0 Å². The molecular formula is C29H23ClN2O2. The lowest BCUT2D eigenvalue weighted by Gasteiger charge is -2.16. The Bertz CT molecular complexity index is 1480. The summed E-state index contributed by atoms with van der Waals surface area (Å²) in [5.74, 6) is -0.701. The molecule has 5 rings (SSSR count). The van der Waals surface area contributed by atoms with Gasteiger partial charge < -0.3 is 5.32 Å². The molecule has 4 nitrogen and oxygen atoms in total. The first-order valence-electron chi connectivity index (χ1n) is 11.1. The average Bonchev–Trinajstić information content (AvgIpc) is 3.05. The van der Waals surface area contributed by atoms with Crippen molar-refractivity contribution in [1.29, 1.82) is 0 Å². The van der Waals surface area contributed by atoms with E-state index in [9.17, 15) is 9.59 Å². The van der Waals surface area contributed by atoms with E-state index in [1.54, 1.807) is 6.07 Å². The van der Waals surface area contributed by atoms with E-state index >= 15 is 0 Å². The number of fused-ring (bicyclic) bond motifs is 1. The second kappa shape index (κ2) is 8.81. The monoisotopic (exact) mass is 466 g/mol. The maximum atomic E-state index is 13.7. The third-order valence-electron chi connectivity index (χ3n) is 6.15. The molecule has 1 heterocycles. The first-order chi connectivity index (χ1) is 16.4. The number of hydrogen-bond donors (Lipinski definition) is 1. The molecule has 2 amide bonds. The van der Waals surface area contributed by atoms with Gasteiger partial charge in [-0.05, 0) is 48.1 Å². The van der Waals surface area contributed by atoms with E-state index in [2.05, 4.69) is 5.32 Å². The molecule has 0 spiro atoms. The normalized spacial score (nSPS) is 13.8. The van der Waals surface area contributed by atoms with E-state index in [1.807, 2.05) is 92.7 Å². The Kier molecular flexibility index (Phi) is 5.68. The molecule has 0 fully saturated rings. The highest BCUT2D eigenvalue weighted by Crippen LogP contribution is 2.35. The fraction of sp³-hybridized carbons (Fsp3) is 0.103. The Labute approximate surface area is 203 Å². The zero-order chi connectivity index (χ0) is 23.8. The van der Waals surface area contributed by atoms with Gasteiger partial charge in [0, 0.05) is 16.1 Å². The number of hydrogen-bond acceptors (Lipinski definition) is 3. The molecule has 168 valence electrons. The number of amides is 2. The highest BCUT2D eigenvalue weighted by atomic mass is 35.5. The summed E-state index contributed by atoms with van der Waals surface area (Å²) in [6, 6.07) is 27.0. The van der Waals surface area contributed by atoms with Crippen LogP contribution in [0.25, 0.3) is 16.3 Å². The standard InChI is InChI=1S/C29H23ClN2O2/c1-18-14-15-22(19(2)16-18)26-27(31-25-13-7-10-20-8-3-5-11-23(20)25)29(34)32(28(26)33)17-21-9-4-6-12-24(21)30/h3-16,31H,17H2,1-2H3. The van der Waals surface area contributed by atoms with Gasteiger partial charge in [0.15, 0.2) is 0 Å². The minimum absolute atomic E-state index is 0.104. The number of halogens is 1. The summed E-state index contributed by atoms with van der Waals surface area (Å²) in [7, 11) is 0. The lowest BCUT2D eigenvalue weighted by atomic mass is 9.97. The van der Waals surface area contributed by atoms with Crippen molar-refractivity contribution in [3.05, 3.63) is 118 Å². The molecule has 4 aromatic rings. The zero-order valence-corrected chi connectivity index (χ0v) is 19.7. The number of anilines is 1. The molecule has 0 aromatic heterocycles. The van der Waals surface area contributed by atoms with Gasteiger partial charge in [0.05, 0.1) is 12.1 Å². The maximum absolute atomic E-state index is 13.7. The van der Waals surface area contributed by atoms with E-state index < -0.39 is 0 Å². The quantitative estimate of drug-likeness (QED) is 0.341. The van der Waals surface area contributed by atoms with Crippen LogP contribution in [0, 0.1) is 13.8 Å². The van der Waals surface area contributed by atoms with Crippen LogP contribution < -0.4 is 5.32 Å². The van der Waals surface area contributed by atoms with Crippen LogP contribution in [-0.4, -0.2) is 16.7 Å². The predicted octanol–water partition coefficient (Wildman–Crippen LogP) is 6.50. The van der Waals surface area contributed by atoms with Gasteiger partial charge in [0.25, 0.3) is 11.8 Å². The van der Waals surface area contributed by atoms with E-state index in [0.29, 0.717) is 10.6 Å². The van der Waals surface area contributed by atoms with Crippen LogP contribution >= 0.6 is 11.6 Å². The second-order valence-corrected chi connectivity index (χ2v) is 8.92. The van der Waals surface area contributed by atoms with Gasteiger partial charge in [0.1, 0.15) is 5.70 Å². The fourth-order valence-corrected chi connectivity index (χ4v) is 4.64. The van der Waals surface area contributed by atoms with Crippen molar-refractivity contribution in [3.8, 4) is 0 Å². The molecule has 0 saturated carbocycles. The van der Waals surface area contributed by atoms with E-state index in [4.69, 9.17) is 11.6 Å². The lowest BCUT2D eigenvalue weighted by molar-refractivity contribution is -0.137. The van der Waals surface area contributed by atoms with E-state index in [-0.39, 0.29) is 24.1 Å². The Balaban J connectivity index is 1.63. The molecule has 0 radical (unpaired) electrons. The SMILES string of the molecule is Cc1ccc(C2=C(Nc3cccc4ccccc34)C(=O)N(Cc3ccccc3Cl)C2=O)c(C)c1. The van der Waals surface area contributed by atoms with Crippen LogP contribution in [0.15, 0.2) is 90.6 Å². The zero-order valence-electron chi connectivity index (χ0n) is 18.9. The third-order valence-corrected chi connectivity index (χ3v) is 6.52. The summed E-state index contributed by atoms with van der Waals surface area (Å²) in [6.45, 7) is 4.07. The van der Waals surface area contributed by atoms with Gasteiger partial charge in [-0.25, -0.2) is 0 Å². The maximum Gasteiger partial charge on any atom is 0.278 e. The first kappa shape index (κ1) is 21.9. The summed E-state index contributed by atoms with van der Waals surface area (Å²) in [6.07, 6.45) is 0. The van der Waals surface area contributed by atoms with Crippen LogP contribution in [0.4, 0.5) is 5.69 Å². The number of nitrogens with one attached hydrogen (secondary N) is 1. The number of carbonyl (C=O) groups excluding carboxylic acids is 2. The van der Waals surface area contributed by atoms with Crippen LogP contribution in [0.3, 0.4) is 0 Å². The predicted molar refractivity (Wildman–Crippen MR) is 137 cm³/mol. The van der Waals surface area contributed by atoms with Crippen molar-refractivity contribution in [1.82, 2.24) is 4.90 Å². The van der Waals surface area contributed by atoms with Crippen molar-refractivity contribution >= 4 is 45.4 Å². The highest BCUT2D eigenvalue weighted by Gasteiger charge is 2.40. The molecule has 0 aliphatic carbocycles. The number of rotatable bonds is 5. The summed E-state index contributed by atoms with van der Waals surface area (Å²) in [5, 5.41) is 5.86. The Hall–Kier alpha value is -3.89. The number of nitrogens with zero attached hydrogens (tertiary/aromatic N) is 1. The molecule has 34 heavy (non-hydrogen) atoms. The van der Waals surface area contributed by atoms with Crippen LogP contribution in [0.1, 0.15) is 22.3 Å². The summed E-state index contributed by atoms with van der Waals surface area (Å²) >= 11 is 6.35. The molecule has 0 atom stereocenters. The van der Waals surface area contributed by atoms with Crippen molar-refractivity contribution in [3.63, 3.8) is 0 Å². The minimum Gasteiger partial charge on any atom is -0.350 e. The molecule has 1 aliphatic heterocycles. The summed E-state index contributed by atoms with van der Waals surface area (Å²) < 4.78 is 0. The molecule has 4 aromatic carbocycles. The van der Waals surface area contributed by atoms with Gasteiger partial charge in [0.2, 0.25) is 0 Å². The first-order valence-corrected chi connectivity index (χ1v) is 11.5. The third kappa shape index (κ3) is 3.87. The van der Waals surface area contributed by atoms with Gasteiger partial charge in [-0.15, -0.1) is 0 Å². The van der Waals surface area contributed by atoms with E-state index in [0.717, 1.165) is 38.7 Å². The van der Waals surface area contributed by atoms with Crippen molar-refractivity contribution in [2.45, 2.75) is 20.4 Å². The van der Waals surface area contributed by atoms with Crippen LogP contribution in [-0.2, 0) is 16.1 Å². The molecule has 0 unspecified atom stereocenters. The van der Waals surface area contributed by atoms with Crippen molar-refractivity contribution in [2.24, 2.45) is 0 Å². The van der Waals surface area contributed by atoms with Gasteiger partial charge in [-0.3, -0.25) is 14.5 Å². The average molecular weight is 467 g/mol. The topological polar surface area (TPSA) is 49.4 Å². The number of aryl methyl sites for hydroxylation is 2. The highest BCUT2D eigenvalue weighted by molar-refractivity contribution is 6.37. The molecular weight excluding hydrogens is 444 g/mol. The summed E-state index contributed by atoms with van der Waals surface area (Å²) in [4.78, 5) is 28.6. The van der Waals surface area contributed by atoms with Crippen LogP contribution in [0.2, 0.25) is 5.02 Å². The van der Waals surface area contributed by atoms with E-state index in [1.165, 1.54) is 4.90 Å². The smallest absolute Gasteiger partial charge is 0.278 e. The molecule has 0 saturated heterocycles. The van der Waals surface area contributed by atoms with Crippen molar-refractivity contribution in [2.75, 3.05) is 5.32 Å². The Morgan fingerprint density at radius 2 is 1.56 bits per heavy atom. The van der Waals surface area contributed by atoms with Crippen molar-refractivity contribution < 1.29 is 9.59 Å². The minimum atomic E-state index is -0.368. The Morgan fingerprint density at radius 1 is 0.824 bits per heavy atom. The summed E-state index contributed by atoms with van der Waals surface area (Å²) in [5.41, 5.74) is 4.92. The fourth-order valence-electron chi connectivity index (χ4n) is 4.45. The molecule has 1 aliphatic rings. The molecule has 0 bridgehead atoms. The number of imide groups is 1. The second-order valence-electron chi connectivity index (χ2n) is 8.51. The molecule has 1 N–H and O–H groups in total. The van der Waals surface area contributed by atoms with Gasteiger partial charge in [-0.1, -0.05) is 90.0 Å².